The molecule has 0 radical (unpaired) electrons. The van der Waals surface area contributed by atoms with E-state index >= 15 is 0 Å². The summed E-state index contributed by atoms with van der Waals surface area (Å²) >= 11 is 0. The van der Waals surface area contributed by atoms with E-state index < -0.39 is 23.0 Å². The highest BCUT2D eigenvalue weighted by Gasteiger charge is 2.67. The van der Waals surface area contributed by atoms with Crippen molar-refractivity contribution in [1.29, 1.82) is 0 Å². The zero-order valence-corrected chi connectivity index (χ0v) is 18.7. The Kier molecular flexibility index (Phi) is 5.10. The zero-order valence-electron chi connectivity index (χ0n) is 18.7. The summed E-state index contributed by atoms with van der Waals surface area (Å²) in [5.41, 5.74) is 0.322. The van der Waals surface area contributed by atoms with Crippen molar-refractivity contribution in [3.8, 4) is 0 Å². The summed E-state index contributed by atoms with van der Waals surface area (Å²) in [4.78, 5) is 48.6. The molecule has 0 aliphatic heterocycles. The second-order valence-corrected chi connectivity index (χ2v) is 9.80. The van der Waals surface area contributed by atoms with E-state index in [1.165, 1.54) is 19.4 Å². The van der Waals surface area contributed by atoms with Gasteiger partial charge < -0.3 is 9.47 Å². The van der Waals surface area contributed by atoms with E-state index in [9.17, 15) is 19.2 Å². The van der Waals surface area contributed by atoms with Gasteiger partial charge in [-0.1, -0.05) is 30.2 Å². The van der Waals surface area contributed by atoms with E-state index in [0.29, 0.717) is 12.8 Å². The van der Waals surface area contributed by atoms with Crippen molar-refractivity contribution >= 4 is 23.5 Å². The number of Topliss-reactive ketones (excluding diaryl/α,β-unsaturated/α-hetero) is 1. The molecule has 5 atom stereocenters. The number of hydrogen-bond acceptors (Lipinski definition) is 6. The number of hydrogen-bond donors (Lipinski definition) is 0. The van der Waals surface area contributed by atoms with Gasteiger partial charge in [-0.2, -0.15) is 0 Å². The minimum Gasteiger partial charge on any atom is -0.458 e. The fraction of sp³-hybridized carbons (Fsp3) is 0.600. The molecule has 0 spiro atoms. The number of esters is 2. The van der Waals surface area contributed by atoms with E-state index in [-0.39, 0.29) is 35.4 Å². The molecule has 0 aromatic carbocycles. The van der Waals surface area contributed by atoms with Gasteiger partial charge in [0, 0.05) is 24.7 Å². The Bertz CT molecular complexity index is 955. The number of carbonyl (C=O) groups excluding carboxylic acids is 4. The van der Waals surface area contributed by atoms with Crippen molar-refractivity contribution in [2.75, 3.05) is 6.61 Å². The lowest BCUT2D eigenvalue weighted by Crippen LogP contribution is -2.57. The first-order valence-electron chi connectivity index (χ1n) is 11.0. The molecule has 166 valence electrons. The zero-order chi connectivity index (χ0) is 22.6. The molecule has 31 heavy (non-hydrogen) atoms. The van der Waals surface area contributed by atoms with Gasteiger partial charge in [0.25, 0.3) is 0 Å². The summed E-state index contributed by atoms with van der Waals surface area (Å²) < 4.78 is 10.8. The van der Waals surface area contributed by atoms with Crippen molar-refractivity contribution in [1.82, 2.24) is 0 Å². The number of carbonyl (C=O) groups is 4. The van der Waals surface area contributed by atoms with Crippen molar-refractivity contribution in [3.63, 3.8) is 0 Å². The normalized spacial score (nSPS) is 38.3. The maximum atomic E-state index is 13.3. The largest absolute Gasteiger partial charge is 0.458 e. The molecule has 0 saturated heterocycles. The van der Waals surface area contributed by atoms with Crippen LogP contribution < -0.4 is 0 Å². The first kappa shape index (κ1) is 21.7. The molecule has 0 N–H and O–H groups in total. The lowest BCUT2D eigenvalue weighted by Gasteiger charge is -2.54. The predicted octanol–water partition coefficient (Wildman–Crippen LogP) is 3.65. The quantitative estimate of drug-likeness (QED) is 0.504. The molecule has 4 aliphatic rings. The first-order chi connectivity index (χ1) is 14.5. The second kappa shape index (κ2) is 7.28. The van der Waals surface area contributed by atoms with Gasteiger partial charge in [-0.3, -0.25) is 19.2 Å². The third kappa shape index (κ3) is 3.14. The van der Waals surface area contributed by atoms with Crippen LogP contribution in [0.25, 0.3) is 0 Å². The van der Waals surface area contributed by atoms with Gasteiger partial charge >= 0.3 is 11.9 Å². The van der Waals surface area contributed by atoms with Gasteiger partial charge in [-0.15, -0.1) is 0 Å². The molecule has 4 aliphatic carbocycles. The minimum atomic E-state index is -1.30. The highest BCUT2D eigenvalue weighted by atomic mass is 16.6. The van der Waals surface area contributed by atoms with Gasteiger partial charge in [0.15, 0.2) is 18.0 Å². The number of rotatable bonds is 4. The van der Waals surface area contributed by atoms with Crippen LogP contribution in [0.15, 0.2) is 35.5 Å². The highest BCUT2D eigenvalue weighted by molar-refractivity contribution is 6.01. The molecule has 0 amide bonds. The van der Waals surface area contributed by atoms with Crippen LogP contribution in [0.1, 0.15) is 59.8 Å². The molecular weight excluding hydrogens is 396 g/mol. The summed E-state index contributed by atoms with van der Waals surface area (Å²) in [6.45, 7) is 6.41. The Morgan fingerprint density at radius 3 is 2.55 bits per heavy atom. The van der Waals surface area contributed by atoms with E-state index in [0.717, 1.165) is 24.8 Å². The van der Waals surface area contributed by atoms with Crippen molar-refractivity contribution in [2.45, 2.75) is 65.4 Å². The van der Waals surface area contributed by atoms with Crippen molar-refractivity contribution in [2.24, 2.45) is 22.7 Å². The number of allylic oxidation sites excluding steroid dienone is 6. The van der Waals surface area contributed by atoms with Gasteiger partial charge in [-0.25, -0.2) is 0 Å². The Morgan fingerprint density at radius 1 is 1.13 bits per heavy atom. The van der Waals surface area contributed by atoms with Crippen LogP contribution in [0.5, 0.6) is 0 Å². The van der Waals surface area contributed by atoms with Gasteiger partial charge in [0.05, 0.1) is 0 Å². The summed E-state index contributed by atoms with van der Waals surface area (Å²) in [6, 6.07) is 0. The summed E-state index contributed by atoms with van der Waals surface area (Å²) in [5, 5.41) is 0. The predicted molar refractivity (Wildman–Crippen MR) is 113 cm³/mol. The van der Waals surface area contributed by atoms with Crippen LogP contribution >= 0.6 is 0 Å². The van der Waals surface area contributed by atoms with Crippen LogP contribution in [0, 0.1) is 22.7 Å². The fourth-order valence-electron chi connectivity index (χ4n) is 6.73. The Labute approximate surface area is 182 Å². The third-order valence-corrected chi connectivity index (χ3v) is 8.24. The van der Waals surface area contributed by atoms with Crippen molar-refractivity contribution in [3.05, 3.63) is 35.5 Å². The monoisotopic (exact) mass is 426 g/mol. The van der Waals surface area contributed by atoms with Crippen LogP contribution in [0.4, 0.5) is 0 Å². The van der Waals surface area contributed by atoms with Crippen molar-refractivity contribution < 1.29 is 28.7 Å². The van der Waals surface area contributed by atoms with Crippen LogP contribution in [-0.2, 0) is 28.7 Å². The lowest BCUT2D eigenvalue weighted by molar-refractivity contribution is -0.184. The summed E-state index contributed by atoms with van der Waals surface area (Å²) in [6.07, 6.45) is 11.2. The van der Waals surface area contributed by atoms with Gasteiger partial charge in [0.2, 0.25) is 5.78 Å². The smallest absolute Gasteiger partial charge is 0.303 e. The average molecular weight is 427 g/mol. The molecule has 0 unspecified atom stereocenters. The third-order valence-electron chi connectivity index (χ3n) is 8.24. The second-order valence-electron chi connectivity index (χ2n) is 9.80. The molecule has 4 rings (SSSR count). The summed E-state index contributed by atoms with van der Waals surface area (Å²) in [7, 11) is 0. The fourth-order valence-corrected chi connectivity index (χ4v) is 6.73. The molecule has 0 aromatic heterocycles. The number of ether oxygens (including phenoxy) is 2. The van der Waals surface area contributed by atoms with E-state index in [1.807, 2.05) is 13.0 Å². The van der Waals surface area contributed by atoms with E-state index in [4.69, 9.17) is 9.47 Å². The molecule has 2 fully saturated rings. The standard InChI is InChI=1S/C25H30O6/c1-15(26)30-14-22(29)25(31-16(2)27)12-9-21-19-6-5-17-13-18(28)7-10-23(17,3)20(19)8-11-24(21,25)4/h7-8,10,13,19,21H,5-6,9,11-12,14H2,1-4H3/t19-,21-,23+,24+,25+/m1/s1. The maximum absolute atomic E-state index is 13.3. The molecule has 0 aromatic rings. The maximum Gasteiger partial charge on any atom is 0.303 e. The molecule has 6 nitrogen and oxygen atoms in total. The molecule has 2 saturated carbocycles. The summed E-state index contributed by atoms with van der Waals surface area (Å²) in [5.74, 6) is -0.920. The highest BCUT2D eigenvalue weighted by Crippen LogP contribution is 2.66. The van der Waals surface area contributed by atoms with Crippen LogP contribution in [-0.4, -0.2) is 35.7 Å². The van der Waals surface area contributed by atoms with E-state index in [2.05, 4.69) is 13.0 Å². The van der Waals surface area contributed by atoms with Gasteiger partial charge in [0.1, 0.15) is 0 Å². The topological polar surface area (TPSA) is 86.7 Å². The molecule has 0 bridgehead atoms. The van der Waals surface area contributed by atoms with Crippen LogP contribution in [0.3, 0.4) is 0 Å². The number of fused-ring (bicyclic) bond motifs is 5. The van der Waals surface area contributed by atoms with Gasteiger partial charge in [-0.05, 0) is 63.0 Å². The Hall–Kier alpha value is -2.50. The average Bonchev–Trinajstić information content (AvgIpc) is 2.99. The Balaban J connectivity index is 1.74. The molecular formula is C25H30O6. The number of ketones is 2. The minimum absolute atomic E-state index is 0.0398. The van der Waals surface area contributed by atoms with Crippen LogP contribution in [0.2, 0.25) is 0 Å². The molecule has 0 heterocycles. The van der Waals surface area contributed by atoms with E-state index in [1.54, 1.807) is 12.2 Å². The lowest BCUT2D eigenvalue weighted by atomic mass is 9.51. The Morgan fingerprint density at radius 2 is 1.87 bits per heavy atom. The molecule has 6 heteroatoms. The first-order valence-corrected chi connectivity index (χ1v) is 11.0. The SMILES string of the molecule is CC(=O)OCC(=O)[C@@]1(OC(C)=O)CC[C@@H]2[C@@H]3CCC4=CC(=O)C=C[C@]4(C)C3=CC[C@@]21C.